The largest absolute Gasteiger partial charge is 0.365 e. The molecule has 1 aliphatic carbocycles. The summed E-state index contributed by atoms with van der Waals surface area (Å²) in [5.41, 5.74) is 10.3. The first-order valence-corrected chi connectivity index (χ1v) is 8.40. The van der Waals surface area contributed by atoms with Gasteiger partial charge >= 0.3 is 0 Å². The first-order valence-electron chi connectivity index (χ1n) is 6.79. The summed E-state index contributed by atoms with van der Waals surface area (Å²) in [6.07, 6.45) is 4.54. The van der Waals surface area contributed by atoms with E-state index in [1.165, 1.54) is 28.8 Å². The normalized spacial score (nSPS) is 14.1. The zero-order valence-corrected chi connectivity index (χ0v) is 13.7. The van der Waals surface area contributed by atoms with Gasteiger partial charge in [-0.05, 0) is 55.4 Å². The van der Waals surface area contributed by atoms with Crippen LogP contribution >= 0.6 is 27.3 Å². The van der Waals surface area contributed by atoms with Gasteiger partial charge in [-0.2, -0.15) is 0 Å². The second-order valence-electron chi connectivity index (χ2n) is 5.19. The molecule has 0 atom stereocenters. The number of carbonyl (C=O) groups excluding carboxylic acids is 1. The minimum atomic E-state index is -0.307. The number of rotatable bonds is 2. The van der Waals surface area contributed by atoms with Crippen LogP contribution in [0.2, 0.25) is 0 Å². The van der Waals surface area contributed by atoms with Crippen LogP contribution in [0.3, 0.4) is 0 Å². The summed E-state index contributed by atoms with van der Waals surface area (Å²) in [5, 5.41) is 0. The Kier molecular flexibility index (Phi) is 3.69. The monoisotopic (exact) mass is 349 g/mol. The van der Waals surface area contributed by atoms with Gasteiger partial charge in [-0.1, -0.05) is 28.1 Å². The summed E-state index contributed by atoms with van der Waals surface area (Å²) < 4.78 is 1.07. The van der Waals surface area contributed by atoms with Gasteiger partial charge in [0, 0.05) is 14.9 Å². The van der Waals surface area contributed by atoms with Crippen molar-refractivity contribution < 1.29 is 4.79 Å². The first kappa shape index (κ1) is 13.8. The third kappa shape index (κ3) is 2.21. The molecule has 2 nitrogen and oxygen atoms in total. The van der Waals surface area contributed by atoms with Crippen LogP contribution < -0.4 is 5.73 Å². The first-order chi connectivity index (χ1) is 9.59. The number of carbonyl (C=O) groups is 1. The highest BCUT2D eigenvalue weighted by Crippen LogP contribution is 2.42. The Morgan fingerprint density at radius 3 is 2.80 bits per heavy atom. The van der Waals surface area contributed by atoms with E-state index in [1.807, 2.05) is 12.1 Å². The molecule has 1 amide bonds. The molecule has 3 rings (SSSR count). The number of benzene rings is 1. The Bertz CT molecular complexity index is 690. The van der Waals surface area contributed by atoms with Crippen LogP contribution in [0.4, 0.5) is 0 Å². The molecule has 1 aliphatic rings. The molecule has 0 saturated carbocycles. The van der Waals surface area contributed by atoms with Crippen molar-refractivity contribution in [2.24, 2.45) is 5.73 Å². The van der Waals surface area contributed by atoms with Crippen molar-refractivity contribution in [3.8, 4) is 11.1 Å². The second kappa shape index (κ2) is 5.34. The number of amides is 1. The van der Waals surface area contributed by atoms with Gasteiger partial charge in [0.1, 0.15) is 0 Å². The molecule has 0 bridgehead atoms. The fourth-order valence-electron chi connectivity index (χ4n) is 2.90. The van der Waals surface area contributed by atoms with Gasteiger partial charge in [0.15, 0.2) is 0 Å². The maximum atomic E-state index is 11.8. The molecule has 2 N–H and O–H groups in total. The number of fused-ring (bicyclic) bond motifs is 1. The Hall–Kier alpha value is -1.13. The number of thiophene rings is 1. The number of halogens is 1. The SMILES string of the molecule is Cc1c(Br)cccc1-c1c(C(N)=O)sc2c1CCCC2. The number of aryl methyl sites for hydroxylation is 1. The molecule has 1 heterocycles. The predicted octanol–water partition coefficient (Wildman–Crippen LogP) is 4.46. The number of hydrogen-bond acceptors (Lipinski definition) is 2. The van der Waals surface area contributed by atoms with Gasteiger partial charge in [-0.15, -0.1) is 11.3 Å². The van der Waals surface area contributed by atoms with Gasteiger partial charge in [-0.3, -0.25) is 4.79 Å². The lowest BCUT2D eigenvalue weighted by atomic mass is 9.89. The van der Waals surface area contributed by atoms with Gasteiger partial charge in [0.05, 0.1) is 4.88 Å². The van der Waals surface area contributed by atoms with Crippen molar-refractivity contribution in [2.75, 3.05) is 0 Å². The lowest BCUT2D eigenvalue weighted by molar-refractivity contribution is 0.100. The maximum Gasteiger partial charge on any atom is 0.259 e. The van der Waals surface area contributed by atoms with E-state index in [1.54, 1.807) is 11.3 Å². The van der Waals surface area contributed by atoms with E-state index in [0.29, 0.717) is 0 Å². The molecule has 0 fully saturated rings. The van der Waals surface area contributed by atoms with E-state index in [9.17, 15) is 4.79 Å². The van der Waals surface area contributed by atoms with Gasteiger partial charge in [0.25, 0.3) is 5.91 Å². The molecule has 20 heavy (non-hydrogen) atoms. The molecular formula is C16H16BrNOS. The molecule has 2 aromatic rings. The van der Waals surface area contributed by atoms with Crippen molar-refractivity contribution in [1.82, 2.24) is 0 Å². The van der Waals surface area contributed by atoms with Crippen LogP contribution in [0.15, 0.2) is 22.7 Å². The number of primary amides is 1. The summed E-state index contributed by atoms with van der Waals surface area (Å²) in [6.45, 7) is 2.08. The highest BCUT2D eigenvalue weighted by Gasteiger charge is 2.25. The minimum Gasteiger partial charge on any atom is -0.365 e. The van der Waals surface area contributed by atoms with Crippen molar-refractivity contribution in [2.45, 2.75) is 32.6 Å². The summed E-state index contributed by atoms with van der Waals surface area (Å²) in [5.74, 6) is -0.307. The van der Waals surface area contributed by atoms with Gasteiger partial charge in [-0.25, -0.2) is 0 Å². The minimum absolute atomic E-state index is 0.307. The second-order valence-corrected chi connectivity index (χ2v) is 7.15. The van der Waals surface area contributed by atoms with E-state index in [4.69, 9.17) is 5.73 Å². The zero-order chi connectivity index (χ0) is 14.3. The molecule has 1 aromatic carbocycles. The highest BCUT2D eigenvalue weighted by atomic mass is 79.9. The smallest absolute Gasteiger partial charge is 0.259 e. The van der Waals surface area contributed by atoms with Crippen LogP contribution in [0.25, 0.3) is 11.1 Å². The molecule has 0 aliphatic heterocycles. The highest BCUT2D eigenvalue weighted by molar-refractivity contribution is 9.10. The molecule has 0 radical (unpaired) electrons. The van der Waals surface area contributed by atoms with Crippen LogP contribution in [0.5, 0.6) is 0 Å². The molecule has 104 valence electrons. The third-order valence-electron chi connectivity index (χ3n) is 3.93. The Morgan fingerprint density at radius 2 is 2.05 bits per heavy atom. The lowest BCUT2D eigenvalue weighted by Crippen LogP contribution is -2.10. The Labute approximate surface area is 131 Å². The molecule has 4 heteroatoms. The summed E-state index contributed by atoms with van der Waals surface area (Å²) in [4.78, 5) is 13.9. The summed E-state index contributed by atoms with van der Waals surface area (Å²) in [7, 11) is 0. The molecular weight excluding hydrogens is 334 g/mol. The average molecular weight is 350 g/mol. The van der Waals surface area contributed by atoms with E-state index in [0.717, 1.165) is 33.3 Å². The molecule has 0 spiro atoms. The van der Waals surface area contributed by atoms with Gasteiger partial charge in [0.2, 0.25) is 0 Å². The van der Waals surface area contributed by atoms with Crippen LogP contribution in [0, 0.1) is 6.92 Å². The van der Waals surface area contributed by atoms with E-state index < -0.39 is 0 Å². The predicted molar refractivity (Wildman–Crippen MR) is 87.4 cm³/mol. The fraction of sp³-hybridized carbons (Fsp3) is 0.312. The van der Waals surface area contributed by atoms with E-state index in [-0.39, 0.29) is 5.91 Å². The summed E-state index contributed by atoms with van der Waals surface area (Å²) >= 11 is 5.17. The number of nitrogens with two attached hydrogens (primary N) is 1. The average Bonchev–Trinajstić information content (AvgIpc) is 2.81. The number of hydrogen-bond donors (Lipinski definition) is 1. The van der Waals surface area contributed by atoms with Crippen molar-refractivity contribution >= 4 is 33.2 Å². The Morgan fingerprint density at radius 1 is 1.30 bits per heavy atom. The van der Waals surface area contributed by atoms with Crippen LogP contribution in [-0.2, 0) is 12.8 Å². The standard InChI is InChI=1S/C16H16BrNOS/c1-9-10(6-4-7-12(9)17)14-11-5-2-3-8-13(11)20-15(14)16(18)19/h4,6-7H,2-3,5,8H2,1H3,(H2,18,19). The van der Waals surface area contributed by atoms with Gasteiger partial charge < -0.3 is 5.73 Å². The van der Waals surface area contributed by atoms with Crippen molar-refractivity contribution in [3.63, 3.8) is 0 Å². The molecule has 0 unspecified atom stereocenters. The lowest BCUT2D eigenvalue weighted by Gasteiger charge is -2.15. The van der Waals surface area contributed by atoms with Crippen molar-refractivity contribution in [1.29, 1.82) is 0 Å². The van der Waals surface area contributed by atoms with E-state index in [2.05, 4.69) is 28.9 Å². The van der Waals surface area contributed by atoms with Crippen LogP contribution in [-0.4, -0.2) is 5.91 Å². The molecule has 0 saturated heterocycles. The topological polar surface area (TPSA) is 43.1 Å². The van der Waals surface area contributed by atoms with E-state index >= 15 is 0 Å². The zero-order valence-electron chi connectivity index (χ0n) is 11.3. The fourth-order valence-corrected chi connectivity index (χ4v) is 4.52. The Balaban J connectivity index is 2.29. The summed E-state index contributed by atoms with van der Waals surface area (Å²) in [6, 6.07) is 6.13. The molecule has 1 aromatic heterocycles. The third-order valence-corrected chi connectivity index (χ3v) is 6.10. The quantitative estimate of drug-likeness (QED) is 0.854. The van der Waals surface area contributed by atoms with Crippen LogP contribution in [0.1, 0.15) is 38.5 Å². The maximum absolute atomic E-state index is 11.8. The van der Waals surface area contributed by atoms with Crippen molar-refractivity contribution in [3.05, 3.63) is 43.6 Å².